The van der Waals surface area contributed by atoms with Crippen LogP contribution >= 0.6 is 0 Å². The zero-order valence-electron chi connectivity index (χ0n) is 42.5. The molecule has 0 aliphatic carbocycles. The lowest BCUT2D eigenvalue weighted by atomic mass is 10.2. The van der Waals surface area contributed by atoms with Gasteiger partial charge in [-0.25, -0.2) is 26.8 Å². The number of aliphatic hydroxyl groups excluding tert-OH is 2. The molecule has 76 heavy (non-hydrogen) atoms. The van der Waals surface area contributed by atoms with E-state index in [0.717, 1.165) is 0 Å². The molecule has 0 amide bonds. The molecule has 8 heterocycles. The fourth-order valence-corrected chi connectivity index (χ4v) is 11.3. The average Bonchev–Trinajstić information content (AvgIpc) is 4.33. The molecule has 0 saturated carbocycles. The molecular weight excluding hydrogens is 1020 g/mol. The second kappa shape index (κ2) is 21.5. The maximum absolute atomic E-state index is 13.7. The number of hydrogen-bond acceptors (Lipinski definition) is 18. The number of nitrogens with zero attached hydrogens (tertiary/aromatic N) is 10. The van der Waals surface area contributed by atoms with Gasteiger partial charge in [-0.2, -0.15) is 0 Å². The maximum Gasteiger partial charge on any atom is 0.204 e. The first-order chi connectivity index (χ1) is 36.5. The number of ether oxygens (including phenoxy) is 4. The van der Waals surface area contributed by atoms with Gasteiger partial charge in [-0.15, -0.1) is 20.4 Å². The average molecular weight is 1080 g/mol. The number of hydrogen-bond donors (Lipinski definition) is 2. The predicted molar refractivity (Wildman–Crippen MR) is 278 cm³/mol. The maximum atomic E-state index is 13.7. The van der Waals surface area contributed by atoms with Crippen molar-refractivity contribution in [3.05, 3.63) is 156 Å². The van der Waals surface area contributed by atoms with Crippen LogP contribution in [0.1, 0.15) is 60.6 Å². The largest absolute Gasteiger partial charge is 0.494 e. The molecule has 10 rings (SSSR count). The smallest absolute Gasteiger partial charge is 0.204 e. The molecular formula is C52H54N10O12S2. The van der Waals surface area contributed by atoms with Crippen LogP contribution in [0.4, 0.5) is 0 Å². The van der Waals surface area contributed by atoms with E-state index in [0.29, 0.717) is 80.1 Å². The van der Waals surface area contributed by atoms with Crippen LogP contribution in [0.15, 0.2) is 131 Å². The normalized spacial score (nSPS) is 13.5. The summed E-state index contributed by atoms with van der Waals surface area (Å²) in [6.07, 6.45) is 3.74. The SMILES string of the molecule is COc1cccc(OC)c1-n1c(CS(=O)(=O)[C@@H](C)[C@@H](O)c2cnc3ccccn23)nnc1-c1ccc(C)o1.COc1cccc(OC)c1-n1c(CS(=O)(=O)[C@H](C)[C@H](O)c2cnc3ccccn23)nnc1-c1ccc(C)o1. The van der Waals surface area contributed by atoms with Crippen LogP contribution in [0.5, 0.6) is 23.0 Å². The quantitative estimate of drug-likeness (QED) is 0.0869. The zero-order valence-corrected chi connectivity index (χ0v) is 44.2. The van der Waals surface area contributed by atoms with E-state index in [1.54, 1.807) is 129 Å². The minimum absolute atomic E-state index is 0.106. The number of aromatic nitrogens is 10. The van der Waals surface area contributed by atoms with Crippen LogP contribution in [-0.2, 0) is 31.2 Å². The van der Waals surface area contributed by atoms with E-state index < -0.39 is 53.9 Å². The number of pyridine rings is 2. The van der Waals surface area contributed by atoms with Crippen LogP contribution in [-0.4, -0.2) is 114 Å². The van der Waals surface area contributed by atoms with Crippen molar-refractivity contribution in [3.63, 3.8) is 0 Å². The molecule has 0 unspecified atom stereocenters. The van der Waals surface area contributed by atoms with Crippen molar-refractivity contribution in [1.29, 1.82) is 0 Å². The number of sulfone groups is 2. The van der Waals surface area contributed by atoms with Gasteiger partial charge >= 0.3 is 0 Å². The topological polar surface area (TPSA) is 268 Å². The van der Waals surface area contributed by atoms with Crippen LogP contribution in [0.3, 0.4) is 0 Å². The molecule has 0 spiro atoms. The summed E-state index contributed by atoms with van der Waals surface area (Å²) in [5.41, 5.74) is 2.80. The third-order valence-corrected chi connectivity index (χ3v) is 16.9. The Balaban J connectivity index is 0.000000186. The van der Waals surface area contributed by atoms with Crippen LogP contribution < -0.4 is 18.9 Å². The van der Waals surface area contributed by atoms with Crippen LogP contribution in [0.25, 0.3) is 45.8 Å². The van der Waals surface area contributed by atoms with Crippen LogP contribution in [0, 0.1) is 13.8 Å². The summed E-state index contributed by atoms with van der Waals surface area (Å²) in [7, 11) is -1.92. The first-order valence-electron chi connectivity index (χ1n) is 23.6. The number of imidazole rings is 2. The van der Waals surface area contributed by atoms with E-state index >= 15 is 0 Å². The van der Waals surface area contributed by atoms with Gasteiger partial charge in [0.05, 0.1) is 62.7 Å². The Morgan fingerprint density at radius 3 is 1.21 bits per heavy atom. The molecule has 0 saturated heterocycles. The van der Waals surface area contributed by atoms with Gasteiger partial charge in [0.1, 0.15) is 80.9 Å². The number of benzene rings is 2. The number of para-hydroxylation sites is 2. The van der Waals surface area contributed by atoms with E-state index in [1.807, 2.05) is 12.1 Å². The summed E-state index contributed by atoms with van der Waals surface area (Å²) < 4.78 is 95.0. The second-order valence-corrected chi connectivity index (χ2v) is 22.2. The first-order valence-corrected chi connectivity index (χ1v) is 27.0. The van der Waals surface area contributed by atoms with Gasteiger partial charge in [-0.1, -0.05) is 24.3 Å². The molecule has 2 aromatic carbocycles. The summed E-state index contributed by atoms with van der Waals surface area (Å²) in [6.45, 7) is 6.51. The van der Waals surface area contributed by atoms with E-state index in [9.17, 15) is 27.0 Å². The van der Waals surface area contributed by atoms with Gasteiger partial charge in [0.25, 0.3) is 0 Å². The number of aliphatic hydroxyl groups is 2. The van der Waals surface area contributed by atoms with Gasteiger partial charge in [-0.3, -0.25) is 9.13 Å². The van der Waals surface area contributed by atoms with Gasteiger partial charge in [0, 0.05) is 12.4 Å². The summed E-state index contributed by atoms with van der Waals surface area (Å²) in [5, 5.41) is 36.8. The van der Waals surface area contributed by atoms with Crippen molar-refractivity contribution < 1.29 is 54.8 Å². The molecule has 10 aromatic rings. The summed E-state index contributed by atoms with van der Waals surface area (Å²) >= 11 is 0. The summed E-state index contributed by atoms with van der Waals surface area (Å²) in [6, 6.07) is 28.2. The van der Waals surface area contributed by atoms with E-state index in [4.69, 9.17) is 27.8 Å². The standard InChI is InChI=1S/2C26H27N5O6S/c2*1-16-11-12-21(37-16)26-29-28-23(31(26)24-19(35-3)8-7-9-20(24)36-4)15-38(33,34)17(2)25(32)18-14-27-22-10-5-6-13-30(18)22/h2*5-14,17,25,32H,15H2,1-4H3/t2*17-,25+/m10/s1. The Morgan fingerprint density at radius 2 is 0.882 bits per heavy atom. The number of fused-ring (bicyclic) bond motifs is 2. The molecule has 0 aliphatic rings. The molecule has 0 fully saturated rings. The Labute approximate surface area is 436 Å². The lowest BCUT2D eigenvalue weighted by Gasteiger charge is -2.20. The zero-order chi connectivity index (χ0) is 54.1. The summed E-state index contributed by atoms with van der Waals surface area (Å²) in [5.74, 6) is 3.52. The minimum atomic E-state index is -3.97. The van der Waals surface area contributed by atoms with E-state index in [-0.39, 0.29) is 23.3 Å². The van der Waals surface area contributed by atoms with Crippen molar-refractivity contribution in [2.24, 2.45) is 0 Å². The van der Waals surface area contributed by atoms with Crippen molar-refractivity contribution in [3.8, 4) is 57.5 Å². The number of rotatable bonds is 18. The monoisotopic (exact) mass is 1070 g/mol. The molecule has 396 valence electrons. The summed E-state index contributed by atoms with van der Waals surface area (Å²) in [4.78, 5) is 8.53. The predicted octanol–water partition coefficient (Wildman–Crippen LogP) is 7.08. The Kier molecular flexibility index (Phi) is 14.9. The number of aryl methyl sites for hydroxylation is 2. The molecule has 22 nitrogen and oxygen atoms in total. The molecule has 24 heteroatoms. The fraction of sp³-hybridized carbons (Fsp3) is 0.269. The Morgan fingerprint density at radius 1 is 0.513 bits per heavy atom. The lowest BCUT2D eigenvalue weighted by Crippen LogP contribution is -2.28. The lowest BCUT2D eigenvalue weighted by molar-refractivity contribution is 0.170. The molecule has 4 atom stereocenters. The first kappa shape index (κ1) is 52.5. The van der Waals surface area contributed by atoms with Gasteiger partial charge in [0.2, 0.25) is 11.6 Å². The van der Waals surface area contributed by atoms with Crippen molar-refractivity contribution in [2.75, 3.05) is 28.4 Å². The number of methoxy groups -OCH3 is 4. The highest BCUT2D eigenvalue weighted by atomic mass is 32.2. The van der Waals surface area contributed by atoms with E-state index in [2.05, 4.69) is 30.4 Å². The minimum Gasteiger partial charge on any atom is -0.494 e. The third-order valence-electron chi connectivity index (χ3n) is 12.8. The highest BCUT2D eigenvalue weighted by Crippen LogP contribution is 2.40. The third kappa shape index (κ3) is 10.0. The van der Waals surface area contributed by atoms with Gasteiger partial charge in [-0.05, 0) is 100 Å². The number of furan rings is 2. The molecule has 0 bridgehead atoms. The van der Waals surface area contributed by atoms with Crippen molar-refractivity contribution >= 4 is 31.0 Å². The van der Waals surface area contributed by atoms with Crippen molar-refractivity contribution in [1.82, 2.24) is 48.3 Å². The molecule has 8 aromatic heterocycles. The molecule has 0 radical (unpaired) electrons. The van der Waals surface area contributed by atoms with Crippen LogP contribution in [0.2, 0.25) is 0 Å². The highest BCUT2D eigenvalue weighted by Gasteiger charge is 2.36. The highest BCUT2D eigenvalue weighted by molar-refractivity contribution is 7.91. The van der Waals surface area contributed by atoms with E-state index in [1.165, 1.54) is 54.7 Å². The van der Waals surface area contributed by atoms with Crippen molar-refractivity contribution in [2.45, 2.75) is 61.9 Å². The fourth-order valence-electron chi connectivity index (χ4n) is 8.66. The molecule has 0 aliphatic heterocycles. The Hall–Kier alpha value is -8.32. The Bertz CT molecular complexity index is 3620. The van der Waals surface area contributed by atoms with Gasteiger partial charge < -0.3 is 46.8 Å². The molecule has 2 N–H and O–H groups in total. The van der Waals surface area contributed by atoms with Gasteiger partial charge in [0.15, 0.2) is 42.8 Å². The second-order valence-electron chi connectivity index (χ2n) is 17.5.